The normalized spacial score (nSPS) is 12.6. The van der Waals surface area contributed by atoms with Crippen LogP contribution in [0, 0.1) is 0 Å². The number of amides is 1. The van der Waals surface area contributed by atoms with E-state index in [-0.39, 0.29) is 24.9 Å². The van der Waals surface area contributed by atoms with E-state index >= 15 is 0 Å². The number of carbonyl (C=O) groups is 1. The summed E-state index contributed by atoms with van der Waals surface area (Å²) in [6.07, 6.45) is 0. The second-order valence-corrected chi connectivity index (χ2v) is 3.11. The fourth-order valence-electron chi connectivity index (χ4n) is 1.33. The Morgan fingerprint density at radius 2 is 2.00 bits per heavy atom. The third-order valence-corrected chi connectivity index (χ3v) is 2.01. The molecule has 0 saturated heterocycles. The summed E-state index contributed by atoms with van der Waals surface area (Å²) in [5.41, 5.74) is 5.85. The average Bonchev–Trinajstić information content (AvgIpc) is 2.29. The van der Waals surface area contributed by atoms with Crippen LogP contribution >= 0.6 is 12.4 Å². The minimum atomic E-state index is -0.230. The average molecular weight is 245 g/mol. The molecule has 16 heavy (non-hydrogen) atoms. The molecule has 0 bridgehead atoms. The molecule has 0 saturated carbocycles. The van der Waals surface area contributed by atoms with Crippen molar-refractivity contribution >= 4 is 24.0 Å². The zero-order chi connectivity index (χ0) is 10.7. The molecule has 1 aromatic carbocycles. The largest absolute Gasteiger partial charge is 0.486 e. The van der Waals surface area contributed by atoms with E-state index in [4.69, 9.17) is 15.2 Å². The van der Waals surface area contributed by atoms with Gasteiger partial charge in [-0.15, -0.1) is 12.4 Å². The van der Waals surface area contributed by atoms with Crippen LogP contribution in [0.2, 0.25) is 0 Å². The summed E-state index contributed by atoms with van der Waals surface area (Å²) >= 11 is 0. The molecule has 0 fully saturated rings. The Labute approximate surface area is 99.3 Å². The SMILES string of the molecule is Cl.NCC(=O)Nc1ccc2c(c1)OCCO2. The lowest BCUT2D eigenvalue weighted by Gasteiger charge is -2.18. The molecule has 3 N–H and O–H groups in total. The number of hydrogen-bond acceptors (Lipinski definition) is 4. The highest BCUT2D eigenvalue weighted by Crippen LogP contribution is 2.32. The van der Waals surface area contributed by atoms with Gasteiger partial charge in [0, 0.05) is 11.8 Å². The zero-order valence-corrected chi connectivity index (χ0v) is 9.38. The van der Waals surface area contributed by atoms with Crippen LogP contribution < -0.4 is 20.5 Å². The van der Waals surface area contributed by atoms with Crippen LogP contribution in [0.25, 0.3) is 0 Å². The van der Waals surface area contributed by atoms with Crippen LogP contribution in [0.3, 0.4) is 0 Å². The van der Waals surface area contributed by atoms with E-state index in [1.165, 1.54) is 0 Å². The molecule has 5 nitrogen and oxygen atoms in total. The molecule has 0 atom stereocenters. The number of benzene rings is 1. The van der Waals surface area contributed by atoms with Gasteiger partial charge in [-0.3, -0.25) is 4.79 Å². The Morgan fingerprint density at radius 1 is 1.31 bits per heavy atom. The van der Waals surface area contributed by atoms with Gasteiger partial charge in [0.2, 0.25) is 5.91 Å². The zero-order valence-electron chi connectivity index (χ0n) is 8.56. The standard InChI is InChI=1S/C10H12N2O3.ClH/c11-6-10(13)12-7-1-2-8-9(5-7)15-4-3-14-8;/h1-2,5H,3-4,6,11H2,(H,12,13);1H. The van der Waals surface area contributed by atoms with Crippen molar-refractivity contribution in [1.82, 2.24) is 0 Å². The molecule has 1 aliphatic heterocycles. The second-order valence-electron chi connectivity index (χ2n) is 3.11. The van der Waals surface area contributed by atoms with Crippen molar-refractivity contribution < 1.29 is 14.3 Å². The first-order valence-electron chi connectivity index (χ1n) is 4.69. The van der Waals surface area contributed by atoms with Gasteiger partial charge in [0.25, 0.3) is 0 Å². The summed E-state index contributed by atoms with van der Waals surface area (Å²) in [5.74, 6) is 1.12. The van der Waals surface area contributed by atoms with Crippen LogP contribution in [0.5, 0.6) is 11.5 Å². The fraction of sp³-hybridized carbons (Fsp3) is 0.300. The van der Waals surface area contributed by atoms with Crippen molar-refractivity contribution in [3.63, 3.8) is 0 Å². The summed E-state index contributed by atoms with van der Waals surface area (Å²) in [6.45, 7) is 1.05. The van der Waals surface area contributed by atoms with E-state index in [2.05, 4.69) is 5.32 Å². The fourth-order valence-corrected chi connectivity index (χ4v) is 1.33. The van der Waals surface area contributed by atoms with E-state index in [0.29, 0.717) is 30.4 Å². The molecule has 1 heterocycles. The molecule has 0 aliphatic carbocycles. The van der Waals surface area contributed by atoms with Crippen LogP contribution in [0.15, 0.2) is 18.2 Å². The van der Waals surface area contributed by atoms with Gasteiger partial charge in [0.1, 0.15) is 13.2 Å². The van der Waals surface area contributed by atoms with Gasteiger partial charge < -0.3 is 20.5 Å². The van der Waals surface area contributed by atoms with Gasteiger partial charge in [-0.25, -0.2) is 0 Å². The highest BCUT2D eigenvalue weighted by molar-refractivity contribution is 5.92. The third-order valence-electron chi connectivity index (χ3n) is 2.01. The molecule has 0 aromatic heterocycles. The first-order chi connectivity index (χ1) is 7.29. The lowest BCUT2D eigenvalue weighted by atomic mass is 10.2. The van der Waals surface area contributed by atoms with Crippen LogP contribution in [0.1, 0.15) is 0 Å². The van der Waals surface area contributed by atoms with Crippen molar-refractivity contribution in [3.05, 3.63) is 18.2 Å². The molecule has 1 amide bonds. The number of rotatable bonds is 2. The number of anilines is 1. The Morgan fingerprint density at radius 3 is 2.69 bits per heavy atom. The van der Waals surface area contributed by atoms with Gasteiger partial charge in [0.05, 0.1) is 6.54 Å². The maximum atomic E-state index is 11.0. The van der Waals surface area contributed by atoms with Gasteiger partial charge >= 0.3 is 0 Å². The molecular weight excluding hydrogens is 232 g/mol. The first-order valence-corrected chi connectivity index (χ1v) is 4.69. The maximum Gasteiger partial charge on any atom is 0.238 e. The second kappa shape index (κ2) is 5.58. The van der Waals surface area contributed by atoms with Crippen molar-refractivity contribution in [2.24, 2.45) is 5.73 Å². The van der Waals surface area contributed by atoms with E-state index < -0.39 is 0 Å². The lowest BCUT2D eigenvalue weighted by molar-refractivity contribution is -0.114. The van der Waals surface area contributed by atoms with Crippen LogP contribution in [-0.4, -0.2) is 25.7 Å². The van der Waals surface area contributed by atoms with E-state index in [0.717, 1.165) is 0 Å². The van der Waals surface area contributed by atoms with E-state index in [9.17, 15) is 4.79 Å². The molecule has 1 aromatic rings. The number of nitrogens with one attached hydrogen (secondary N) is 1. The Bertz CT molecular complexity index is 384. The number of hydrogen-bond donors (Lipinski definition) is 2. The van der Waals surface area contributed by atoms with E-state index in [1.54, 1.807) is 18.2 Å². The lowest BCUT2D eigenvalue weighted by Crippen LogP contribution is -2.22. The predicted molar refractivity (Wildman–Crippen MR) is 62.4 cm³/mol. The van der Waals surface area contributed by atoms with Gasteiger partial charge in [-0.05, 0) is 12.1 Å². The highest BCUT2D eigenvalue weighted by atomic mass is 35.5. The summed E-state index contributed by atoms with van der Waals surface area (Å²) in [4.78, 5) is 11.0. The summed E-state index contributed by atoms with van der Waals surface area (Å²) in [7, 11) is 0. The number of fused-ring (bicyclic) bond motifs is 1. The Balaban J connectivity index is 0.00000128. The number of nitrogens with two attached hydrogens (primary N) is 1. The van der Waals surface area contributed by atoms with Crippen LogP contribution in [0.4, 0.5) is 5.69 Å². The van der Waals surface area contributed by atoms with Crippen LogP contribution in [-0.2, 0) is 4.79 Å². The molecule has 1 aliphatic rings. The molecule has 88 valence electrons. The topological polar surface area (TPSA) is 73.6 Å². The number of halogens is 1. The first kappa shape index (κ1) is 12.6. The van der Waals surface area contributed by atoms with Gasteiger partial charge in [0.15, 0.2) is 11.5 Å². The molecule has 6 heteroatoms. The summed E-state index contributed by atoms with van der Waals surface area (Å²) in [5, 5.41) is 2.64. The highest BCUT2D eigenvalue weighted by Gasteiger charge is 2.12. The molecule has 0 radical (unpaired) electrons. The molecule has 0 unspecified atom stereocenters. The third kappa shape index (κ3) is 2.77. The molecule has 0 spiro atoms. The smallest absolute Gasteiger partial charge is 0.238 e. The monoisotopic (exact) mass is 244 g/mol. The van der Waals surface area contributed by atoms with Gasteiger partial charge in [-0.1, -0.05) is 0 Å². The predicted octanol–water partition coefficient (Wildman–Crippen LogP) is 0.777. The van der Waals surface area contributed by atoms with Crippen molar-refractivity contribution in [1.29, 1.82) is 0 Å². The summed E-state index contributed by atoms with van der Waals surface area (Å²) in [6, 6.07) is 5.24. The quantitative estimate of drug-likeness (QED) is 0.806. The van der Waals surface area contributed by atoms with E-state index in [1.807, 2.05) is 0 Å². The Hall–Kier alpha value is -1.46. The summed E-state index contributed by atoms with van der Waals surface area (Å²) < 4.78 is 10.7. The van der Waals surface area contributed by atoms with Crippen molar-refractivity contribution in [2.75, 3.05) is 25.1 Å². The van der Waals surface area contributed by atoms with Crippen molar-refractivity contribution in [3.8, 4) is 11.5 Å². The number of carbonyl (C=O) groups excluding carboxylic acids is 1. The number of ether oxygens (including phenoxy) is 2. The van der Waals surface area contributed by atoms with Crippen molar-refractivity contribution in [2.45, 2.75) is 0 Å². The van der Waals surface area contributed by atoms with Gasteiger partial charge in [-0.2, -0.15) is 0 Å². The molecule has 2 rings (SSSR count). The Kier molecular flexibility index (Phi) is 4.39. The molecular formula is C10H13ClN2O3. The minimum Gasteiger partial charge on any atom is -0.486 e. The minimum absolute atomic E-state index is 0. The maximum absolute atomic E-state index is 11.0.